The molecule has 2 aliphatic rings. The van der Waals surface area contributed by atoms with E-state index in [1.54, 1.807) is 11.3 Å². The number of anilines is 1. The fraction of sp³-hybridized carbons (Fsp3) is 0.579. The summed E-state index contributed by atoms with van der Waals surface area (Å²) in [6, 6.07) is 10.5. The Morgan fingerprint density at radius 2 is 1.67 bits per heavy atom. The van der Waals surface area contributed by atoms with Crippen molar-refractivity contribution in [3.63, 3.8) is 0 Å². The zero-order valence-corrected chi connectivity index (χ0v) is 14.9. The predicted octanol–water partition coefficient (Wildman–Crippen LogP) is 3.77. The van der Waals surface area contributed by atoms with Gasteiger partial charge in [-0.1, -0.05) is 41.7 Å². The second kappa shape index (κ2) is 7.62. The van der Waals surface area contributed by atoms with E-state index in [0.29, 0.717) is 0 Å². The summed E-state index contributed by atoms with van der Waals surface area (Å²) < 4.78 is 5.51. The summed E-state index contributed by atoms with van der Waals surface area (Å²) in [5, 5.41) is 11.1. The van der Waals surface area contributed by atoms with E-state index in [2.05, 4.69) is 45.4 Å². The third kappa shape index (κ3) is 3.78. The molecule has 0 saturated carbocycles. The monoisotopic (exact) mass is 343 g/mol. The molecule has 0 spiro atoms. The van der Waals surface area contributed by atoms with Crippen LogP contribution in [0.4, 0.5) is 5.13 Å². The normalized spacial score (nSPS) is 20.4. The molecule has 24 heavy (non-hydrogen) atoms. The molecule has 3 heterocycles. The molecule has 0 atom stereocenters. The highest BCUT2D eigenvalue weighted by molar-refractivity contribution is 7.15. The molecule has 0 aliphatic carbocycles. The van der Waals surface area contributed by atoms with Crippen LogP contribution in [0.5, 0.6) is 0 Å². The summed E-state index contributed by atoms with van der Waals surface area (Å²) in [4.78, 5) is 2.43. The Morgan fingerprint density at radius 1 is 0.958 bits per heavy atom. The molecular formula is C19H25N3OS. The van der Waals surface area contributed by atoms with Crippen LogP contribution in [-0.4, -0.2) is 36.5 Å². The fourth-order valence-electron chi connectivity index (χ4n) is 3.96. The highest BCUT2D eigenvalue weighted by atomic mass is 32.1. The largest absolute Gasteiger partial charge is 0.381 e. The Morgan fingerprint density at radius 3 is 2.42 bits per heavy atom. The van der Waals surface area contributed by atoms with Gasteiger partial charge in [-0.05, 0) is 43.1 Å². The van der Waals surface area contributed by atoms with E-state index in [-0.39, 0.29) is 0 Å². The minimum Gasteiger partial charge on any atom is -0.381 e. The number of aromatic nitrogens is 2. The predicted molar refractivity (Wildman–Crippen MR) is 97.6 cm³/mol. The highest BCUT2D eigenvalue weighted by Gasteiger charge is 2.28. The molecule has 5 heteroatoms. The first-order chi connectivity index (χ1) is 11.9. The van der Waals surface area contributed by atoms with Gasteiger partial charge in [-0.25, -0.2) is 0 Å². The second-order valence-corrected chi connectivity index (χ2v) is 7.96. The molecule has 4 nitrogen and oxygen atoms in total. The molecule has 1 aromatic heterocycles. The minimum absolute atomic E-state index is 0.877. The van der Waals surface area contributed by atoms with Gasteiger partial charge in [0.05, 0.1) is 0 Å². The quantitative estimate of drug-likeness (QED) is 0.847. The van der Waals surface area contributed by atoms with Crippen molar-refractivity contribution in [2.24, 2.45) is 11.8 Å². The van der Waals surface area contributed by atoms with Crippen LogP contribution in [0.3, 0.4) is 0 Å². The second-order valence-electron chi connectivity index (χ2n) is 6.92. The van der Waals surface area contributed by atoms with E-state index in [9.17, 15) is 0 Å². The van der Waals surface area contributed by atoms with Crippen LogP contribution in [0.15, 0.2) is 30.3 Å². The van der Waals surface area contributed by atoms with Gasteiger partial charge in [0.1, 0.15) is 5.01 Å². The van der Waals surface area contributed by atoms with Crippen LogP contribution in [0.1, 0.15) is 36.3 Å². The van der Waals surface area contributed by atoms with Gasteiger partial charge >= 0.3 is 0 Å². The average molecular weight is 343 g/mol. The number of rotatable bonds is 4. The minimum atomic E-state index is 0.877. The average Bonchev–Trinajstić information content (AvgIpc) is 3.12. The van der Waals surface area contributed by atoms with Crippen molar-refractivity contribution >= 4 is 16.5 Å². The number of benzene rings is 1. The Balaban J connectivity index is 1.32. The lowest BCUT2D eigenvalue weighted by atomic mass is 9.80. The van der Waals surface area contributed by atoms with Crippen LogP contribution < -0.4 is 4.90 Å². The van der Waals surface area contributed by atoms with Gasteiger partial charge in [0.2, 0.25) is 5.13 Å². The Labute approximate surface area is 147 Å². The lowest BCUT2D eigenvalue weighted by Crippen LogP contribution is -2.37. The molecule has 0 radical (unpaired) electrons. The van der Waals surface area contributed by atoms with Crippen LogP contribution in [0.25, 0.3) is 0 Å². The Bertz CT molecular complexity index is 631. The first-order valence-electron chi connectivity index (χ1n) is 9.07. The molecule has 1 aromatic carbocycles. The van der Waals surface area contributed by atoms with Crippen molar-refractivity contribution < 1.29 is 4.74 Å². The van der Waals surface area contributed by atoms with Gasteiger partial charge < -0.3 is 9.64 Å². The van der Waals surface area contributed by atoms with Gasteiger partial charge in [-0.3, -0.25) is 0 Å². The maximum absolute atomic E-state index is 5.51. The number of piperidine rings is 1. The van der Waals surface area contributed by atoms with Gasteiger partial charge in [0.25, 0.3) is 0 Å². The van der Waals surface area contributed by atoms with Crippen LogP contribution in [0, 0.1) is 11.8 Å². The molecule has 2 aliphatic heterocycles. The van der Waals surface area contributed by atoms with E-state index >= 15 is 0 Å². The summed E-state index contributed by atoms with van der Waals surface area (Å²) in [7, 11) is 0. The summed E-state index contributed by atoms with van der Waals surface area (Å²) in [6.07, 6.45) is 5.98. The number of hydrogen-bond donors (Lipinski definition) is 0. The summed E-state index contributed by atoms with van der Waals surface area (Å²) in [6.45, 7) is 4.18. The Hall–Kier alpha value is -1.46. The molecular weight excluding hydrogens is 318 g/mol. The molecule has 0 unspecified atom stereocenters. The van der Waals surface area contributed by atoms with Crippen LogP contribution in [-0.2, 0) is 11.2 Å². The van der Waals surface area contributed by atoms with Crippen molar-refractivity contribution in [3.05, 3.63) is 40.9 Å². The van der Waals surface area contributed by atoms with E-state index in [0.717, 1.165) is 54.7 Å². The number of ether oxygens (including phenoxy) is 1. The van der Waals surface area contributed by atoms with E-state index in [4.69, 9.17) is 4.74 Å². The lowest BCUT2D eigenvalue weighted by molar-refractivity contribution is 0.0419. The number of nitrogens with zero attached hydrogens (tertiary/aromatic N) is 3. The van der Waals surface area contributed by atoms with Crippen molar-refractivity contribution in [3.8, 4) is 0 Å². The van der Waals surface area contributed by atoms with Crippen LogP contribution >= 0.6 is 11.3 Å². The molecule has 2 fully saturated rings. The zero-order chi connectivity index (χ0) is 16.2. The topological polar surface area (TPSA) is 38.2 Å². The molecule has 0 bridgehead atoms. The molecule has 0 N–H and O–H groups in total. The summed E-state index contributed by atoms with van der Waals surface area (Å²) in [5.74, 6) is 1.76. The molecule has 2 saturated heterocycles. The SMILES string of the molecule is c1ccc(Cc2nnc(N3CCC(C4CCOCC4)CC3)s2)cc1. The molecule has 4 rings (SSSR count). The smallest absolute Gasteiger partial charge is 0.208 e. The summed E-state index contributed by atoms with van der Waals surface area (Å²) >= 11 is 1.75. The maximum Gasteiger partial charge on any atom is 0.208 e. The molecule has 128 valence electrons. The first kappa shape index (κ1) is 16.0. The third-order valence-corrected chi connectivity index (χ3v) is 6.38. The highest BCUT2D eigenvalue weighted by Crippen LogP contribution is 2.34. The van der Waals surface area contributed by atoms with Crippen molar-refractivity contribution in [1.29, 1.82) is 0 Å². The fourth-order valence-corrected chi connectivity index (χ4v) is 4.89. The zero-order valence-electron chi connectivity index (χ0n) is 14.1. The van der Waals surface area contributed by atoms with Crippen molar-refractivity contribution in [2.45, 2.75) is 32.1 Å². The summed E-state index contributed by atoms with van der Waals surface area (Å²) in [5.41, 5.74) is 1.30. The van der Waals surface area contributed by atoms with Gasteiger partial charge in [0, 0.05) is 32.7 Å². The van der Waals surface area contributed by atoms with Gasteiger partial charge in [0.15, 0.2) is 0 Å². The number of hydrogen-bond acceptors (Lipinski definition) is 5. The van der Waals surface area contributed by atoms with Crippen LogP contribution in [0.2, 0.25) is 0 Å². The van der Waals surface area contributed by atoms with E-state index in [1.165, 1.54) is 31.2 Å². The van der Waals surface area contributed by atoms with Gasteiger partial charge in [-0.2, -0.15) is 0 Å². The Kier molecular flexibility index (Phi) is 5.09. The first-order valence-corrected chi connectivity index (χ1v) is 9.89. The van der Waals surface area contributed by atoms with Gasteiger partial charge in [-0.15, -0.1) is 10.2 Å². The van der Waals surface area contributed by atoms with Crippen molar-refractivity contribution in [2.75, 3.05) is 31.2 Å². The standard InChI is InChI=1S/C19H25N3OS/c1-2-4-15(5-3-1)14-18-20-21-19(24-18)22-10-6-16(7-11-22)17-8-12-23-13-9-17/h1-5,16-17H,6-14H2. The third-order valence-electron chi connectivity index (χ3n) is 5.40. The van der Waals surface area contributed by atoms with E-state index < -0.39 is 0 Å². The molecule has 0 amide bonds. The lowest BCUT2D eigenvalue weighted by Gasteiger charge is -2.37. The molecule has 2 aromatic rings. The van der Waals surface area contributed by atoms with Crippen molar-refractivity contribution in [1.82, 2.24) is 10.2 Å². The van der Waals surface area contributed by atoms with E-state index in [1.807, 2.05) is 0 Å². The maximum atomic E-state index is 5.51.